The number of hydrogen-bond donors (Lipinski definition) is 2. The van der Waals surface area contributed by atoms with Crippen molar-refractivity contribution in [1.29, 1.82) is 0 Å². The Morgan fingerprint density at radius 2 is 2.00 bits per heavy atom. The Hall–Kier alpha value is -1.32. The van der Waals surface area contributed by atoms with Gasteiger partial charge < -0.3 is 15.0 Å². The first-order valence-corrected chi connectivity index (χ1v) is 6.15. The van der Waals surface area contributed by atoms with Gasteiger partial charge in [-0.15, -0.1) is 0 Å². The molecular formula is C14H20N2O. The SMILES string of the molecule is CO.c1ccc2c(CCN3CCC3)c[nH]c2c1. The summed E-state index contributed by atoms with van der Waals surface area (Å²) in [7, 11) is 1.00. The monoisotopic (exact) mass is 232 g/mol. The molecule has 0 spiro atoms. The second-order valence-corrected chi connectivity index (χ2v) is 4.30. The van der Waals surface area contributed by atoms with Gasteiger partial charge in [0, 0.05) is 30.8 Å². The molecule has 1 aromatic heterocycles. The first-order valence-electron chi connectivity index (χ1n) is 6.15. The molecule has 2 heterocycles. The number of nitrogens with one attached hydrogen (secondary N) is 1. The standard InChI is InChI=1S/C13H16N2.CH4O/c1-2-5-13-12(4-1)11(10-14-13)6-9-15-7-3-8-15;1-2/h1-2,4-5,10,14H,3,6-9H2;2H,1H3. The molecule has 3 heteroatoms. The van der Waals surface area contributed by atoms with Crippen LogP contribution in [-0.4, -0.2) is 41.7 Å². The number of aromatic amines is 1. The van der Waals surface area contributed by atoms with Crippen LogP contribution >= 0.6 is 0 Å². The first kappa shape index (κ1) is 12.1. The molecule has 0 bridgehead atoms. The molecule has 0 radical (unpaired) electrons. The fourth-order valence-electron chi connectivity index (χ4n) is 2.22. The minimum atomic E-state index is 1.00. The van der Waals surface area contributed by atoms with Gasteiger partial charge >= 0.3 is 0 Å². The highest BCUT2D eigenvalue weighted by Crippen LogP contribution is 2.19. The average Bonchev–Trinajstić information content (AvgIpc) is 2.74. The summed E-state index contributed by atoms with van der Waals surface area (Å²) >= 11 is 0. The van der Waals surface area contributed by atoms with Crippen molar-refractivity contribution in [2.45, 2.75) is 12.8 Å². The fraction of sp³-hybridized carbons (Fsp3) is 0.429. The van der Waals surface area contributed by atoms with Gasteiger partial charge in [0.2, 0.25) is 0 Å². The van der Waals surface area contributed by atoms with E-state index in [0.717, 1.165) is 7.11 Å². The molecule has 2 N–H and O–H groups in total. The topological polar surface area (TPSA) is 39.3 Å². The van der Waals surface area contributed by atoms with E-state index < -0.39 is 0 Å². The third kappa shape index (κ3) is 2.68. The maximum atomic E-state index is 7.00. The summed E-state index contributed by atoms with van der Waals surface area (Å²) in [6.07, 6.45) is 4.71. The summed E-state index contributed by atoms with van der Waals surface area (Å²) in [6.45, 7) is 3.80. The van der Waals surface area contributed by atoms with Gasteiger partial charge in [0.1, 0.15) is 0 Å². The Bertz CT molecular complexity index is 460. The van der Waals surface area contributed by atoms with E-state index in [-0.39, 0.29) is 0 Å². The van der Waals surface area contributed by atoms with Gasteiger partial charge in [-0.1, -0.05) is 18.2 Å². The van der Waals surface area contributed by atoms with Crippen LogP contribution in [0.1, 0.15) is 12.0 Å². The number of rotatable bonds is 3. The molecule has 0 amide bonds. The van der Waals surface area contributed by atoms with E-state index in [2.05, 4.69) is 40.3 Å². The molecule has 1 aliphatic rings. The predicted molar refractivity (Wildman–Crippen MR) is 71.2 cm³/mol. The summed E-state index contributed by atoms with van der Waals surface area (Å²) < 4.78 is 0. The summed E-state index contributed by atoms with van der Waals surface area (Å²) in [5, 5.41) is 8.39. The lowest BCUT2D eigenvalue weighted by Gasteiger charge is -2.30. The van der Waals surface area contributed by atoms with Crippen LogP contribution in [0.5, 0.6) is 0 Å². The molecular weight excluding hydrogens is 212 g/mol. The van der Waals surface area contributed by atoms with Crippen molar-refractivity contribution in [1.82, 2.24) is 9.88 Å². The number of hydrogen-bond acceptors (Lipinski definition) is 2. The second-order valence-electron chi connectivity index (χ2n) is 4.30. The summed E-state index contributed by atoms with van der Waals surface area (Å²) in [5.74, 6) is 0. The van der Waals surface area contributed by atoms with Gasteiger partial charge in [0.25, 0.3) is 0 Å². The van der Waals surface area contributed by atoms with Crippen LogP contribution in [0.4, 0.5) is 0 Å². The number of fused-ring (bicyclic) bond motifs is 1. The number of aliphatic hydroxyl groups is 1. The van der Waals surface area contributed by atoms with Crippen molar-refractivity contribution in [2.24, 2.45) is 0 Å². The lowest BCUT2D eigenvalue weighted by atomic mass is 10.1. The van der Waals surface area contributed by atoms with E-state index in [1.807, 2.05) is 0 Å². The van der Waals surface area contributed by atoms with Gasteiger partial charge in [-0.2, -0.15) is 0 Å². The number of aliphatic hydroxyl groups excluding tert-OH is 1. The lowest BCUT2D eigenvalue weighted by molar-refractivity contribution is 0.184. The Kier molecular flexibility index (Phi) is 4.18. The van der Waals surface area contributed by atoms with Gasteiger partial charge in [-0.3, -0.25) is 0 Å². The number of likely N-dealkylation sites (tertiary alicyclic amines) is 1. The fourth-order valence-corrected chi connectivity index (χ4v) is 2.22. The van der Waals surface area contributed by atoms with Crippen LogP contribution in [0, 0.1) is 0 Å². The smallest absolute Gasteiger partial charge is 0.0456 e. The van der Waals surface area contributed by atoms with E-state index >= 15 is 0 Å². The van der Waals surface area contributed by atoms with Crippen molar-refractivity contribution in [3.05, 3.63) is 36.0 Å². The maximum absolute atomic E-state index is 7.00. The Morgan fingerprint density at radius 3 is 2.71 bits per heavy atom. The predicted octanol–water partition coefficient (Wildman–Crippen LogP) is 2.02. The number of nitrogens with zero attached hydrogens (tertiary/aromatic N) is 1. The Morgan fingerprint density at radius 1 is 1.24 bits per heavy atom. The van der Waals surface area contributed by atoms with Crippen molar-refractivity contribution >= 4 is 10.9 Å². The lowest BCUT2D eigenvalue weighted by Crippen LogP contribution is -2.38. The van der Waals surface area contributed by atoms with Crippen LogP contribution in [0.25, 0.3) is 10.9 Å². The molecule has 0 aliphatic carbocycles. The number of para-hydroxylation sites is 1. The minimum Gasteiger partial charge on any atom is -0.400 e. The third-order valence-corrected chi connectivity index (χ3v) is 3.32. The number of H-pyrrole nitrogens is 1. The van der Waals surface area contributed by atoms with Crippen molar-refractivity contribution in [3.63, 3.8) is 0 Å². The zero-order valence-electron chi connectivity index (χ0n) is 10.3. The average molecular weight is 232 g/mol. The van der Waals surface area contributed by atoms with E-state index in [0.29, 0.717) is 0 Å². The third-order valence-electron chi connectivity index (χ3n) is 3.32. The Balaban J connectivity index is 0.000000514. The maximum Gasteiger partial charge on any atom is 0.0456 e. The molecule has 0 unspecified atom stereocenters. The van der Waals surface area contributed by atoms with Crippen molar-refractivity contribution < 1.29 is 5.11 Å². The van der Waals surface area contributed by atoms with Gasteiger partial charge in [0.05, 0.1) is 0 Å². The summed E-state index contributed by atoms with van der Waals surface area (Å²) in [6, 6.07) is 8.54. The van der Waals surface area contributed by atoms with Crippen molar-refractivity contribution in [3.8, 4) is 0 Å². The minimum absolute atomic E-state index is 1.00. The van der Waals surface area contributed by atoms with E-state index in [4.69, 9.17) is 5.11 Å². The van der Waals surface area contributed by atoms with E-state index in [9.17, 15) is 0 Å². The highest BCUT2D eigenvalue weighted by Gasteiger charge is 2.13. The van der Waals surface area contributed by atoms with E-state index in [1.165, 1.54) is 48.9 Å². The van der Waals surface area contributed by atoms with Gasteiger partial charge in [-0.25, -0.2) is 0 Å². The normalized spacial score (nSPS) is 15.2. The molecule has 0 atom stereocenters. The van der Waals surface area contributed by atoms with E-state index in [1.54, 1.807) is 0 Å². The zero-order valence-corrected chi connectivity index (χ0v) is 10.3. The molecule has 1 fully saturated rings. The first-order chi connectivity index (χ1) is 8.43. The molecule has 1 saturated heterocycles. The van der Waals surface area contributed by atoms with Crippen LogP contribution < -0.4 is 0 Å². The molecule has 2 aromatic rings. The highest BCUT2D eigenvalue weighted by atomic mass is 16.2. The highest BCUT2D eigenvalue weighted by molar-refractivity contribution is 5.83. The van der Waals surface area contributed by atoms with Gasteiger partial charge in [0.15, 0.2) is 0 Å². The molecule has 17 heavy (non-hydrogen) atoms. The van der Waals surface area contributed by atoms with Crippen LogP contribution in [0.15, 0.2) is 30.5 Å². The molecule has 1 aromatic carbocycles. The molecule has 1 aliphatic heterocycles. The second kappa shape index (κ2) is 5.84. The number of benzene rings is 1. The van der Waals surface area contributed by atoms with Gasteiger partial charge in [-0.05, 0) is 37.6 Å². The molecule has 3 nitrogen and oxygen atoms in total. The zero-order chi connectivity index (χ0) is 12.1. The van der Waals surface area contributed by atoms with Crippen molar-refractivity contribution in [2.75, 3.05) is 26.7 Å². The van der Waals surface area contributed by atoms with Crippen LogP contribution in [0.2, 0.25) is 0 Å². The summed E-state index contributed by atoms with van der Waals surface area (Å²) in [4.78, 5) is 5.85. The summed E-state index contributed by atoms with van der Waals surface area (Å²) in [5.41, 5.74) is 2.72. The van der Waals surface area contributed by atoms with Crippen LogP contribution in [-0.2, 0) is 6.42 Å². The number of aromatic nitrogens is 1. The molecule has 92 valence electrons. The largest absolute Gasteiger partial charge is 0.400 e. The molecule has 3 rings (SSSR count). The van der Waals surface area contributed by atoms with Crippen LogP contribution in [0.3, 0.4) is 0 Å². The quantitative estimate of drug-likeness (QED) is 0.850. The molecule has 0 saturated carbocycles. The Labute approximate surface area is 102 Å².